The van der Waals surface area contributed by atoms with Gasteiger partial charge in [0.2, 0.25) is 0 Å². The van der Waals surface area contributed by atoms with Crippen LogP contribution in [0.1, 0.15) is 29.7 Å². The predicted octanol–water partition coefficient (Wildman–Crippen LogP) is 5.73. The maximum absolute atomic E-state index is 13.7. The van der Waals surface area contributed by atoms with Gasteiger partial charge in [-0.05, 0) is 62.0 Å². The first-order valence-corrected chi connectivity index (χ1v) is 11.8. The standard InChI is InChI=1S/C26H24BrN3O2S/c1-3-32-21-14-11-18(27)15-20(21)24-22(25(31)28-19-12-9-16(2)10-13-19)23(29-26(33)30-24)17-7-5-4-6-8-17/h4-15,24H,3H2,1-2H3,(H,28,31)(H2,29,30,33)/t24-/m0/s1. The molecule has 33 heavy (non-hydrogen) atoms. The molecular formula is C26H24BrN3O2S. The van der Waals surface area contributed by atoms with Crippen LogP contribution < -0.4 is 20.7 Å². The minimum Gasteiger partial charge on any atom is -0.494 e. The molecule has 1 aliphatic rings. The molecule has 0 aromatic heterocycles. The highest BCUT2D eigenvalue weighted by atomic mass is 79.9. The molecule has 0 saturated carbocycles. The fourth-order valence-corrected chi connectivity index (χ4v) is 4.34. The van der Waals surface area contributed by atoms with Crippen LogP contribution in [0.2, 0.25) is 0 Å². The molecular weight excluding hydrogens is 498 g/mol. The molecule has 3 aromatic rings. The highest BCUT2D eigenvalue weighted by Crippen LogP contribution is 2.37. The highest BCUT2D eigenvalue weighted by molar-refractivity contribution is 9.10. The molecule has 7 heteroatoms. The number of rotatable bonds is 6. The molecule has 3 N–H and O–H groups in total. The zero-order valence-corrected chi connectivity index (χ0v) is 20.7. The third-order valence-corrected chi connectivity index (χ3v) is 5.98. The van der Waals surface area contributed by atoms with Gasteiger partial charge in [-0.2, -0.15) is 0 Å². The molecule has 5 nitrogen and oxygen atoms in total. The Morgan fingerprint density at radius 2 is 1.82 bits per heavy atom. The van der Waals surface area contributed by atoms with Gasteiger partial charge in [0.15, 0.2) is 5.11 Å². The number of carbonyl (C=O) groups excluding carboxylic acids is 1. The predicted molar refractivity (Wildman–Crippen MR) is 140 cm³/mol. The van der Waals surface area contributed by atoms with Crippen molar-refractivity contribution in [2.75, 3.05) is 11.9 Å². The van der Waals surface area contributed by atoms with Crippen molar-refractivity contribution in [3.05, 3.63) is 99.5 Å². The largest absolute Gasteiger partial charge is 0.494 e. The Morgan fingerprint density at radius 1 is 1.09 bits per heavy atom. The summed E-state index contributed by atoms with van der Waals surface area (Å²) >= 11 is 9.10. The number of anilines is 1. The lowest BCUT2D eigenvalue weighted by atomic mass is 9.91. The zero-order valence-electron chi connectivity index (χ0n) is 18.3. The van der Waals surface area contributed by atoms with Crippen LogP contribution in [0.25, 0.3) is 5.70 Å². The number of aryl methyl sites for hydroxylation is 1. The van der Waals surface area contributed by atoms with E-state index in [1.807, 2.05) is 86.6 Å². The Morgan fingerprint density at radius 3 is 2.52 bits per heavy atom. The maximum atomic E-state index is 13.7. The molecule has 3 aromatic carbocycles. The lowest BCUT2D eigenvalue weighted by Crippen LogP contribution is -2.45. The molecule has 1 aliphatic heterocycles. The molecule has 1 heterocycles. The number of carbonyl (C=O) groups is 1. The van der Waals surface area contributed by atoms with E-state index in [9.17, 15) is 4.79 Å². The molecule has 0 saturated heterocycles. The van der Waals surface area contributed by atoms with Gasteiger partial charge in [0, 0.05) is 15.7 Å². The van der Waals surface area contributed by atoms with Crippen molar-refractivity contribution in [3.63, 3.8) is 0 Å². The Balaban J connectivity index is 1.87. The summed E-state index contributed by atoms with van der Waals surface area (Å²) in [5, 5.41) is 9.98. The van der Waals surface area contributed by atoms with E-state index in [1.54, 1.807) is 0 Å². The number of ether oxygens (including phenoxy) is 1. The van der Waals surface area contributed by atoms with Crippen LogP contribution >= 0.6 is 28.1 Å². The van der Waals surface area contributed by atoms with Crippen LogP contribution in [-0.2, 0) is 4.79 Å². The third kappa shape index (κ3) is 5.26. The van der Waals surface area contributed by atoms with Crippen molar-refractivity contribution >= 4 is 50.6 Å². The van der Waals surface area contributed by atoms with E-state index in [0.29, 0.717) is 28.7 Å². The third-order valence-electron chi connectivity index (χ3n) is 5.27. The number of thiocarbonyl (C=S) groups is 1. The van der Waals surface area contributed by atoms with E-state index in [4.69, 9.17) is 17.0 Å². The first-order chi connectivity index (χ1) is 16.0. The normalized spacial score (nSPS) is 15.5. The molecule has 1 atom stereocenters. The minimum atomic E-state index is -0.515. The maximum Gasteiger partial charge on any atom is 0.256 e. The summed E-state index contributed by atoms with van der Waals surface area (Å²) in [5.74, 6) is 0.462. The second-order valence-corrected chi connectivity index (χ2v) is 8.95. The topological polar surface area (TPSA) is 62.4 Å². The quantitative estimate of drug-likeness (QED) is 0.362. The average molecular weight is 522 g/mol. The van der Waals surface area contributed by atoms with Crippen LogP contribution in [0.4, 0.5) is 5.69 Å². The van der Waals surface area contributed by atoms with E-state index < -0.39 is 6.04 Å². The fourth-order valence-electron chi connectivity index (χ4n) is 3.74. The molecule has 0 unspecified atom stereocenters. The summed E-state index contributed by atoms with van der Waals surface area (Å²) in [6.45, 7) is 4.45. The van der Waals surface area contributed by atoms with Crippen LogP contribution in [0.3, 0.4) is 0 Å². The van der Waals surface area contributed by atoms with Crippen molar-refractivity contribution < 1.29 is 9.53 Å². The van der Waals surface area contributed by atoms with Crippen molar-refractivity contribution in [1.29, 1.82) is 0 Å². The van der Waals surface area contributed by atoms with Crippen molar-refractivity contribution in [2.45, 2.75) is 19.9 Å². The van der Waals surface area contributed by atoms with E-state index >= 15 is 0 Å². The molecule has 0 aliphatic carbocycles. The lowest BCUT2D eigenvalue weighted by Gasteiger charge is -2.32. The smallest absolute Gasteiger partial charge is 0.256 e. The molecule has 0 spiro atoms. The van der Waals surface area contributed by atoms with Crippen molar-refractivity contribution in [1.82, 2.24) is 10.6 Å². The summed E-state index contributed by atoms with van der Waals surface area (Å²) in [6, 6.07) is 22.7. The van der Waals surface area contributed by atoms with Gasteiger partial charge in [-0.3, -0.25) is 4.79 Å². The average Bonchev–Trinajstić information content (AvgIpc) is 2.82. The SMILES string of the molecule is CCOc1ccc(Br)cc1[C@@H]1NC(=S)NC(c2ccccc2)=C1C(=O)Nc1ccc(C)cc1. The van der Waals surface area contributed by atoms with Gasteiger partial charge in [-0.25, -0.2) is 0 Å². The second-order valence-electron chi connectivity index (χ2n) is 7.62. The summed E-state index contributed by atoms with van der Waals surface area (Å²) in [6.07, 6.45) is 0. The van der Waals surface area contributed by atoms with Crippen LogP contribution in [-0.4, -0.2) is 17.6 Å². The lowest BCUT2D eigenvalue weighted by molar-refractivity contribution is -0.113. The van der Waals surface area contributed by atoms with Crippen molar-refractivity contribution in [3.8, 4) is 5.75 Å². The van der Waals surface area contributed by atoms with E-state index in [2.05, 4.69) is 31.9 Å². The van der Waals surface area contributed by atoms with Gasteiger partial charge in [0.05, 0.1) is 23.9 Å². The van der Waals surface area contributed by atoms with Crippen molar-refractivity contribution in [2.24, 2.45) is 0 Å². The number of amides is 1. The molecule has 1 amide bonds. The molecule has 4 rings (SSSR count). The summed E-state index contributed by atoms with van der Waals surface area (Å²) < 4.78 is 6.78. The van der Waals surface area contributed by atoms with E-state index in [0.717, 1.165) is 26.9 Å². The molecule has 168 valence electrons. The number of benzene rings is 3. The van der Waals surface area contributed by atoms with E-state index in [-0.39, 0.29) is 5.91 Å². The van der Waals surface area contributed by atoms with Gasteiger partial charge in [-0.15, -0.1) is 0 Å². The van der Waals surface area contributed by atoms with Crippen LogP contribution in [0.5, 0.6) is 5.75 Å². The first kappa shape index (κ1) is 23.0. The van der Waals surface area contributed by atoms with Crippen LogP contribution in [0, 0.1) is 6.92 Å². The summed E-state index contributed by atoms with van der Waals surface area (Å²) in [7, 11) is 0. The Kier molecular flexibility index (Phi) is 7.11. The Hall–Kier alpha value is -3.16. The number of hydrogen-bond donors (Lipinski definition) is 3. The number of nitrogens with one attached hydrogen (secondary N) is 3. The van der Waals surface area contributed by atoms with Gasteiger partial charge in [0.25, 0.3) is 5.91 Å². The summed E-state index contributed by atoms with van der Waals surface area (Å²) in [4.78, 5) is 13.7. The fraction of sp³-hybridized carbons (Fsp3) is 0.154. The Labute approximate surface area is 207 Å². The first-order valence-electron chi connectivity index (χ1n) is 10.6. The number of hydrogen-bond acceptors (Lipinski definition) is 3. The van der Waals surface area contributed by atoms with Crippen LogP contribution in [0.15, 0.2) is 82.8 Å². The molecule has 0 radical (unpaired) electrons. The molecule has 0 fully saturated rings. The van der Waals surface area contributed by atoms with Gasteiger partial charge >= 0.3 is 0 Å². The highest BCUT2D eigenvalue weighted by Gasteiger charge is 2.34. The monoisotopic (exact) mass is 521 g/mol. The van der Waals surface area contributed by atoms with Gasteiger partial charge in [0.1, 0.15) is 5.75 Å². The molecule has 0 bridgehead atoms. The second kappa shape index (κ2) is 10.2. The minimum absolute atomic E-state index is 0.229. The number of halogens is 1. The van der Waals surface area contributed by atoms with Gasteiger partial charge in [-0.1, -0.05) is 64.0 Å². The summed E-state index contributed by atoms with van der Waals surface area (Å²) in [5.41, 5.74) is 4.71. The Bertz CT molecular complexity index is 1210. The zero-order chi connectivity index (χ0) is 23.4. The van der Waals surface area contributed by atoms with Gasteiger partial charge < -0.3 is 20.7 Å². The van der Waals surface area contributed by atoms with E-state index in [1.165, 1.54) is 0 Å².